The molecule has 3 nitrogen and oxygen atoms in total. The monoisotopic (exact) mass is 311 g/mol. The SMILES string of the molecule is C#Cc1ccc(F)c(C=NN=C(N)SCc2ccccc2)c1. The second-order valence-electron chi connectivity index (χ2n) is 4.34. The molecule has 0 saturated carbocycles. The number of nitrogens with zero attached hydrogens (tertiary/aromatic N) is 2. The highest BCUT2D eigenvalue weighted by Gasteiger charge is 2.00. The quantitative estimate of drug-likeness (QED) is 0.407. The summed E-state index contributed by atoms with van der Waals surface area (Å²) in [4.78, 5) is 0. The molecule has 0 amide bonds. The van der Waals surface area contributed by atoms with Gasteiger partial charge in [-0.25, -0.2) is 4.39 Å². The molecular formula is C17H14FN3S. The van der Waals surface area contributed by atoms with E-state index in [0.29, 0.717) is 16.5 Å². The van der Waals surface area contributed by atoms with Gasteiger partial charge in [-0.05, 0) is 23.8 Å². The molecule has 0 bridgehead atoms. The summed E-state index contributed by atoms with van der Waals surface area (Å²) in [6.07, 6.45) is 6.57. The highest BCUT2D eigenvalue weighted by Crippen LogP contribution is 2.12. The summed E-state index contributed by atoms with van der Waals surface area (Å²) in [5, 5.41) is 7.95. The first-order chi connectivity index (χ1) is 10.7. The standard InChI is InChI=1S/C17H14FN3S/c1-2-13-8-9-16(18)15(10-13)11-20-21-17(19)22-12-14-6-4-3-5-7-14/h1,3-11H,12H2,(H2,19,21). The second kappa shape index (κ2) is 8.01. The Labute approximate surface area is 133 Å². The van der Waals surface area contributed by atoms with Crippen molar-refractivity contribution in [1.29, 1.82) is 0 Å². The van der Waals surface area contributed by atoms with E-state index >= 15 is 0 Å². The Morgan fingerprint density at radius 1 is 1.27 bits per heavy atom. The molecular weight excluding hydrogens is 297 g/mol. The number of hydrogen-bond donors (Lipinski definition) is 1. The smallest absolute Gasteiger partial charge is 0.180 e. The van der Waals surface area contributed by atoms with Crippen molar-refractivity contribution in [3.05, 3.63) is 71.0 Å². The van der Waals surface area contributed by atoms with Crippen LogP contribution in [0, 0.1) is 18.2 Å². The summed E-state index contributed by atoms with van der Waals surface area (Å²) in [7, 11) is 0. The number of halogens is 1. The Hall–Kier alpha value is -2.58. The average molecular weight is 311 g/mol. The van der Waals surface area contributed by atoms with Crippen LogP contribution in [0.4, 0.5) is 4.39 Å². The third-order valence-electron chi connectivity index (χ3n) is 2.75. The molecule has 2 N–H and O–H groups in total. The number of nitrogens with two attached hydrogens (primary N) is 1. The van der Waals surface area contributed by atoms with Crippen LogP contribution in [-0.4, -0.2) is 11.4 Å². The van der Waals surface area contributed by atoms with E-state index in [1.807, 2.05) is 30.3 Å². The largest absolute Gasteiger partial charge is 0.377 e. The minimum atomic E-state index is -0.409. The molecule has 22 heavy (non-hydrogen) atoms. The number of hydrogen-bond acceptors (Lipinski definition) is 3. The molecule has 2 aromatic carbocycles. The van der Waals surface area contributed by atoms with E-state index < -0.39 is 5.82 Å². The van der Waals surface area contributed by atoms with Crippen molar-refractivity contribution in [3.8, 4) is 12.3 Å². The van der Waals surface area contributed by atoms with Crippen molar-refractivity contribution in [2.75, 3.05) is 0 Å². The second-order valence-corrected chi connectivity index (χ2v) is 5.33. The van der Waals surface area contributed by atoms with Crippen molar-refractivity contribution >= 4 is 23.1 Å². The fraction of sp³-hybridized carbons (Fsp3) is 0.0588. The fourth-order valence-corrected chi connectivity index (χ4v) is 2.25. The molecule has 0 radical (unpaired) electrons. The van der Waals surface area contributed by atoms with Gasteiger partial charge in [0.1, 0.15) is 5.82 Å². The minimum Gasteiger partial charge on any atom is -0.377 e. The van der Waals surface area contributed by atoms with Crippen LogP contribution >= 0.6 is 11.8 Å². The lowest BCUT2D eigenvalue weighted by atomic mass is 10.1. The lowest BCUT2D eigenvalue weighted by Crippen LogP contribution is -2.06. The molecule has 2 rings (SSSR count). The van der Waals surface area contributed by atoms with Crippen LogP contribution < -0.4 is 5.73 Å². The fourth-order valence-electron chi connectivity index (χ4n) is 1.64. The van der Waals surface area contributed by atoms with Crippen molar-refractivity contribution < 1.29 is 4.39 Å². The Morgan fingerprint density at radius 3 is 2.77 bits per heavy atom. The van der Waals surface area contributed by atoms with E-state index in [9.17, 15) is 4.39 Å². The molecule has 0 unspecified atom stereocenters. The number of thioether (sulfide) groups is 1. The maximum absolute atomic E-state index is 13.6. The third-order valence-corrected chi connectivity index (χ3v) is 3.60. The average Bonchev–Trinajstić information content (AvgIpc) is 2.55. The molecule has 0 saturated heterocycles. The molecule has 0 aromatic heterocycles. The van der Waals surface area contributed by atoms with Crippen LogP contribution in [0.2, 0.25) is 0 Å². The zero-order valence-electron chi connectivity index (χ0n) is 11.7. The van der Waals surface area contributed by atoms with Gasteiger partial charge < -0.3 is 5.73 Å². The molecule has 0 heterocycles. The van der Waals surface area contributed by atoms with E-state index in [1.54, 1.807) is 0 Å². The first kappa shape index (κ1) is 15.8. The molecule has 110 valence electrons. The highest BCUT2D eigenvalue weighted by molar-refractivity contribution is 8.13. The molecule has 0 atom stereocenters. The summed E-state index contributed by atoms with van der Waals surface area (Å²) in [6.45, 7) is 0. The number of terminal acetylenes is 1. The van der Waals surface area contributed by atoms with Gasteiger partial charge in [-0.3, -0.25) is 0 Å². The van der Waals surface area contributed by atoms with Gasteiger partial charge in [0.15, 0.2) is 5.17 Å². The van der Waals surface area contributed by atoms with E-state index in [1.165, 1.54) is 36.2 Å². The van der Waals surface area contributed by atoms with Crippen LogP contribution in [0.5, 0.6) is 0 Å². The Balaban J connectivity index is 1.97. The summed E-state index contributed by atoms with van der Waals surface area (Å²) in [6, 6.07) is 14.2. The van der Waals surface area contributed by atoms with Crippen LogP contribution in [0.25, 0.3) is 0 Å². The van der Waals surface area contributed by atoms with Gasteiger partial charge in [-0.2, -0.15) is 5.10 Å². The topological polar surface area (TPSA) is 50.7 Å². The predicted molar refractivity (Wildman–Crippen MR) is 91.3 cm³/mol. The molecule has 0 fully saturated rings. The van der Waals surface area contributed by atoms with Crippen LogP contribution in [0.3, 0.4) is 0 Å². The maximum atomic E-state index is 13.6. The van der Waals surface area contributed by atoms with E-state index in [4.69, 9.17) is 12.2 Å². The zero-order chi connectivity index (χ0) is 15.8. The van der Waals surface area contributed by atoms with Crippen LogP contribution in [0.15, 0.2) is 58.7 Å². The van der Waals surface area contributed by atoms with Crippen molar-refractivity contribution in [2.45, 2.75) is 5.75 Å². The van der Waals surface area contributed by atoms with Crippen LogP contribution in [0.1, 0.15) is 16.7 Å². The Bertz CT molecular complexity index is 733. The summed E-state index contributed by atoms with van der Waals surface area (Å²) in [5.41, 5.74) is 7.75. The number of benzene rings is 2. The highest BCUT2D eigenvalue weighted by atomic mass is 32.2. The van der Waals surface area contributed by atoms with Crippen molar-refractivity contribution in [2.24, 2.45) is 15.9 Å². The van der Waals surface area contributed by atoms with Gasteiger partial charge >= 0.3 is 0 Å². The molecule has 5 heteroatoms. The number of amidine groups is 1. The van der Waals surface area contributed by atoms with Crippen LogP contribution in [-0.2, 0) is 5.75 Å². The minimum absolute atomic E-state index is 0.278. The normalized spacial score (nSPS) is 11.5. The Morgan fingerprint density at radius 2 is 2.05 bits per heavy atom. The lowest BCUT2D eigenvalue weighted by molar-refractivity contribution is 0.625. The zero-order valence-corrected chi connectivity index (χ0v) is 12.6. The van der Waals surface area contributed by atoms with Gasteiger partial charge in [0.05, 0.1) is 6.21 Å². The molecule has 0 aliphatic rings. The first-order valence-corrected chi connectivity index (χ1v) is 7.47. The molecule has 0 spiro atoms. The van der Waals surface area contributed by atoms with E-state index in [-0.39, 0.29) is 5.56 Å². The van der Waals surface area contributed by atoms with Gasteiger partial charge in [-0.15, -0.1) is 11.5 Å². The summed E-state index contributed by atoms with van der Waals surface area (Å²) < 4.78 is 13.6. The van der Waals surface area contributed by atoms with E-state index in [2.05, 4.69) is 16.1 Å². The molecule has 2 aromatic rings. The van der Waals surface area contributed by atoms with Gasteiger partial charge in [-0.1, -0.05) is 48.0 Å². The first-order valence-electron chi connectivity index (χ1n) is 6.48. The van der Waals surface area contributed by atoms with Gasteiger partial charge in [0, 0.05) is 16.9 Å². The molecule has 0 aliphatic heterocycles. The van der Waals surface area contributed by atoms with Gasteiger partial charge in [0.25, 0.3) is 0 Å². The van der Waals surface area contributed by atoms with Gasteiger partial charge in [0.2, 0.25) is 0 Å². The Kier molecular flexibility index (Phi) is 5.75. The summed E-state index contributed by atoms with van der Waals surface area (Å²) in [5.74, 6) is 2.73. The van der Waals surface area contributed by atoms with Crippen molar-refractivity contribution in [1.82, 2.24) is 0 Å². The summed E-state index contributed by atoms with van der Waals surface area (Å²) >= 11 is 1.36. The maximum Gasteiger partial charge on any atom is 0.180 e. The third kappa shape index (κ3) is 4.76. The predicted octanol–water partition coefficient (Wildman–Crippen LogP) is 3.39. The van der Waals surface area contributed by atoms with E-state index in [0.717, 1.165) is 5.56 Å². The lowest BCUT2D eigenvalue weighted by Gasteiger charge is -1.99. The van der Waals surface area contributed by atoms with Crippen molar-refractivity contribution in [3.63, 3.8) is 0 Å². The molecule has 0 aliphatic carbocycles. The number of rotatable bonds is 4.